The fourth-order valence-electron chi connectivity index (χ4n) is 2.24. The lowest BCUT2D eigenvalue weighted by Crippen LogP contribution is -2.20. The van der Waals surface area contributed by atoms with Crippen LogP contribution in [0.5, 0.6) is 0 Å². The van der Waals surface area contributed by atoms with E-state index in [0.717, 1.165) is 16.3 Å². The van der Waals surface area contributed by atoms with Crippen molar-refractivity contribution in [1.82, 2.24) is 0 Å². The summed E-state index contributed by atoms with van der Waals surface area (Å²) in [6, 6.07) is 10.4. The van der Waals surface area contributed by atoms with Crippen LogP contribution in [0, 0.1) is 0 Å². The molecular weight excluding hydrogens is 259 g/mol. The van der Waals surface area contributed by atoms with Crippen molar-refractivity contribution in [2.24, 2.45) is 0 Å². The topological polar surface area (TPSA) is 0 Å². The maximum absolute atomic E-state index is 6.51. The second-order valence-corrected chi connectivity index (χ2v) is 5.87. The van der Waals surface area contributed by atoms with Gasteiger partial charge < -0.3 is 0 Å². The second-order valence-electron chi connectivity index (χ2n) is 4.04. The summed E-state index contributed by atoms with van der Waals surface area (Å²) in [6.07, 6.45) is 1.07. The van der Waals surface area contributed by atoms with Gasteiger partial charge in [0.2, 0.25) is 0 Å². The molecule has 0 N–H and O–H groups in total. The number of fused-ring (bicyclic) bond motifs is 1. The van der Waals surface area contributed by atoms with E-state index in [1.54, 1.807) is 11.3 Å². The van der Waals surface area contributed by atoms with Crippen molar-refractivity contribution < 1.29 is 0 Å². The molecular formula is C13H10Cl2S. The smallest absolute Gasteiger partial charge is 0.0765 e. The number of benzene rings is 1. The Morgan fingerprint density at radius 3 is 2.75 bits per heavy atom. The first-order valence-corrected chi connectivity index (χ1v) is 6.91. The molecule has 0 amide bonds. The average molecular weight is 269 g/mol. The molecule has 0 saturated heterocycles. The van der Waals surface area contributed by atoms with E-state index in [4.69, 9.17) is 23.2 Å². The molecule has 0 saturated carbocycles. The molecule has 0 fully saturated rings. The first-order valence-electron chi connectivity index (χ1n) is 5.22. The molecule has 1 aromatic carbocycles. The first-order chi connectivity index (χ1) is 7.77. The van der Waals surface area contributed by atoms with Crippen LogP contribution in [0.4, 0.5) is 0 Å². The molecule has 1 heterocycles. The summed E-state index contributed by atoms with van der Waals surface area (Å²) in [4.78, 5) is 1.10. The number of halogens is 2. The minimum Gasteiger partial charge on any atom is -0.146 e. The molecule has 0 aliphatic heterocycles. The normalized spacial score (nSPS) is 20.0. The largest absolute Gasteiger partial charge is 0.146 e. The summed E-state index contributed by atoms with van der Waals surface area (Å²) in [7, 11) is 0. The van der Waals surface area contributed by atoms with E-state index in [1.165, 1.54) is 11.1 Å². The van der Waals surface area contributed by atoms with Crippen LogP contribution in [0.25, 0.3) is 0 Å². The Morgan fingerprint density at radius 2 is 2.06 bits per heavy atom. The van der Waals surface area contributed by atoms with Crippen LogP contribution in [0.1, 0.15) is 27.3 Å². The van der Waals surface area contributed by atoms with E-state index in [9.17, 15) is 0 Å². The maximum atomic E-state index is 6.51. The summed E-state index contributed by atoms with van der Waals surface area (Å²) >= 11 is 14.3. The number of thiophene rings is 1. The SMILES string of the molecule is Clc1ccsc1C(Cl)C1Cc2ccccc21. The molecule has 0 spiro atoms. The standard InChI is InChI=1S/C13H10Cl2S/c14-11-5-6-16-13(11)12(15)10-7-8-3-1-2-4-9(8)10/h1-6,10,12H,7H2. The van der Waals surface area contributed by atoms with E-state index in [1.807, 2.05) is 11.4 Å². The highest BCUT2D eigenvalue weighted by Gasteiger charge is 2.33. The third-order valence-corrected chi connectivity index (χ3v) is 5.24. The molecule has 82 valence electrons. The van der Waals surface area contributed by atoms with Crippen LogP contribution >= 0.6 is 34.5 Å². The Labute approximate surface area is 109 Å². The van der Waals surface area contributed by atoms with Crippen LogP contribution in [-0.2, 0) is 6.42 Å². The minimum atomic E-state index is 0.0161. The van der Waals surface area contributed by atoms with Gasteiger partial charge in [0, 0.05) is 10.8 Å². The molecule has 0 nitrogen and oxygen atoms in total. The molecule has 1 aliphatic rings. The fraction of sp³-hybridized carbons (Fsp3) is 0.231. The summed E-state index contributed by atoms with van der Waals surface area (Å²) < 4.78 is 0. The lowest BCUT2D eigenvalue weighted by Gasteiger charge is -2.33. The third-order valence-electron chi connectivity index (χ3n) is 3.14. The minimum absolute atomic E-state index is 0.0161. The van der Waals surface area contributed by atoms with Gasteiger partial charge in [0.1, 0.15) is 0 Å². The number of alkyl halides is 1. The van der Waals surface area contributed by atoms with Gasteiger partial charge in [-0.1, -0.05) is 35.9 Å². The highest BCUT2D eigenvalue weighted by molar-refractivity contribution is 7.11. The highest BCUT2D eigenvalue weighted by Crippen LogP contribution is 2.49. The number of hydrogen-bond acceptors (Lipinski definition) is 1. The van der Waals surface area contributed by atoms with Gasteiger partial charge in [-0.05, 0) is 29.0 Å². The van der Waals surface area contributed by atoms with Gasteiger partial charge in [0.05, 0.1) is 10.4 Å². The molecule has 2 aromatic rings. The van der Waals surface area contributed by atoms with Crippen LogP contribution < -0.4 is 0 Å². The summed E-state index contributed by atoms with van der Waals surface area (Å²) in [6.45, 7) is 0. The summed E-state index contributed by atoms with van der Waals surface area (Å²) in [5, 5.41) is 2.81. The van der Waals surface area contributed by atoms with Crippen molar-refractivity contribution >= 4 is 34.5 Å². The predicted molar refractivity (Wildman–Crippen MR) is 70.8 cm³/mol. The van der Waals surface area contributed by atoms with Crippen molar-refractivity contribution in [3.63, 3.8) is 0 Å². The van der Waals surface area contributed by atoms with Crippen molar-refractivity contribution in [2.75, 3.05) is 0 Å². The van der Waals surface area contributed by atoms with Crippen molar-refractivity contribution in [2.45, 2.75) is 17.7 Å². The number of rotatable bonds is 2. The Kier molecular flexibility index (Phi) is 2.70. The molecule has 0 radical (unpaired) electrons. The Balaban J connectivity index is 1.90. The van der Waals surface area contributed by atoms with Gasteiger partial charge in [-0.15, -0.1) is 22.9 Å². The Hall–Kier alpha value is -0.500. The molecule has 1 aliphatic carbocycles. The lowest BCUT2D eigenvalue weighted by molar-refractivity contribution is 0.592. The van der Waals surface area contributed by atoms with E-state index < -0.39 is 0 Å². The van der Waals surface area contributed by atoms with Crippen LogP contribution in [0.3, 0.4) is 0 Å². The van der Waals surface area contributed by atoms with E-state index in [2.05, 4.69) is 24.3 Å². The van der Waals surface area contributed by atoms with Crippen molar-refractivity contribution in [3.8, 4) is 0 Å². The van der Waals surface area contributed by atoms with Crippen molar-refractivity contribution in [1.29, 1.82) is 0 Å². The molecule has 16 heavy (non-hydrogen) atoms. The molecule has 3 rings (SSSR count). The summed E-state index contributed by atoms with van der Waals surface area (Å²) in [5.41, 5.74) is 2.80. The third kappa shape index (κ3) is 1.58. The van der Waals surface area contributed by atoms with Gasteiger partial charge in [0.25, 0.3) is 0 Å². The van der Waals surface area contributed by atoms with Gasteiger partial charge in [0.15, 0.2) is 0 Å². The maximum Gasteiger partial charge on any atom is 0.0765 e. The summed E-state index contributed by atoms with van der Waals surface area (Å²) in [5.74, 6) is 0.425. The Morgan fingerprint density at radius 1 is 1.25 bits per heavy atom. The van der Waals surface area contributed by atoms with Gasteiger partial charge in [-0.3, -0.25) is 0 Å². The van der Waals surface area contributed by atoms with E-state index in [0.29, 0.717) is 5.92 Å². The van der Waals surface area contributed by atoms with Crippen molar-refractivity contribution in [3.05, 3.63) is 56.7 Å². The number of hydrogen-bond donors (Lipinski definition) is 0. The van der Waals surface area contributed by atoms with Crippen LogP contribution in [0.2, 0.25) is 5.02 Å². The molecule has 0 bridgehead atoms. The first kappa shape index (κ1) is 10.6. The average Bonchev–Trinajstić information content (AvgIpc) is 2.66. The van der Waals surface area contributed by atoms with Gasteiger partial charge in [-0.25, -0.2) is 0 Å². The zero-order valence-corrected chi connectivity index (χ0v) is 10.8. The molecule has 1 aromatic heterocycles. The Bertz CT molecular complexity index is 518. The van der Waals surface area contributed by atoms with E-state index >= 15 is 0 Å². The monoisotopic (exact) mass is 268 g/mol. The lowest BCUT2D eigenvalue weighted by atomic mass is 9.75. The van der Waals surface area contributed by atoms with Gasteiger partial charge >= 0.3 is 0 Å². The fourth-order valence-corrected chi connectivity index (χ4v) is 4.01. The van der Waals surface area contributed by atoms with Crippen LogP contribution in [0.15, 0.2) is 35.7 Å². The highest BCUT2D eigenvalue weighted by atomic mass is 35.5. The quantitative estimate of drug-likeness (QED) is 0.671. The zero-order valence-electron chi connectivity index (χ0n) is 8.49. The van der Waals surface area contributed by atoms with E-state index in [-0.39, 0.29) is 5.38 Å². The molecule has 2 unspecified atom stereocenters. The molecule has 2 atom stereocenters. The van der Waals surface area contributed by atoms with Gasteiger partial charge in [-0.2, -0.15) is 0 Å². The van der Waals surface area contributed by atoms with Crippen LogP contribution in [-0.4, -0.2) is 0 Å². The zero-order chi connectivity index (χ0) is 11.1. The predicted octanol–water partition coefficient (Wildman–Crippen LogP) is 5.02. The molecule has 3 heteroatoms. The second kappa shape index (κ2) is 4.06.